The molecule has 2 N–H and O–H groups in total. The predicted molar refractivity (Wildman–Crippen MR) is 69.6 cm³/mol. The van der Waals surface area contributed by atoms with Crippen molar-refractivity contribution in [3.05, 3.63) is 0 Å². The summed E-state index contributed by atoms with van der Waals surface area (Å²) in [6, 6.07) is 0. The number of rotatable bonds is 1. The van der Waals surface area contributed by atoms with E-state index in [2.05, 4.69) is 32.3 Å². The third kappa shape index (κ3) is 3.35. The molecule has 102 valence electrons. The van der Waals surface area contributed by atoms with Crippen LogP contribution in [0.1, 0.15) is 12.8 Å². The Morgan fingerprint density at radius 1 is 1.44 bits per heavy atom. The number of hydrogen-bond donors (Lipinski definition) is 2. The predicted octanol–water partition coefficient (Wildman–Crippen LogP) is 0.260. The van der Waals surface area contributed by atoms with E-state index >= 15 is 0 Å². The van der Waals surface area contributed by atoms with E-state index in [1.165, 1.54) is 33.0 Å². The van der Waals surface area contributed by atoms with Gasteiger partial charge >= 0.3 is 6.09 Å². The van der Waals surface area contributed by atoms with Crippen LogP contribution in [0.15, 0.2) is 4.99 Å². The fraction of sp³-hybridized carbons (Fsp3) is 0.833. The summed E-state index contributed by atoms with van der Waals surface area (Å²) < 4.78 is 4.53. The van der Waals surface area contributed by atoms with Gasteiger partial charge in [-0.05, 0) is 44.8 Å². The number of carbonyl (C=O) groups is 1. The lowest BCUT2D eigenvalue weighted by atomic mass is 9.84. The van der Waals surface area contributed by atoms with Gasteiger partial charge in [0.15, 0.2) is 0 Å². The third-order valence-electron chi connectivity index (χ3n) is 3.85. The maximum atomic E-state index is 11.0. The van der Waals surface area contributed by atoms with Crippen LogP contribution in [0.5, 0.6) is 0 Å². The van der Waals surface area contributed by atoms with Crippen molar-refractivity contribution in [2.75, 3.05) is 40.3 Å². The first kappa shape index (κ1) is 13.1. The molecule has 1 saturated heterocycles. The zero-order chi connectivity index (χ0) is 13.0. The average molecular weight is 254 g/mol. The number of amides is 1. The summed E-state index contributed by atoms with van der Waals surface area (Å²) in [7, 11) is 3.52. The summed E-state index contributed by atoms with van der Waals surface area (Å²) in [4.78, 5) is 17.8. The summed E-state index contributed by atoms with van der Waals surface area (Å²) >= 11 is 0. The second-order valence-electron chi connectivity index (χ2n) is 5.09. The standard InChI is InChI=1S/C12H22N4O2/c1-16-5-3-9(4-6-16)10-7-13-11(14-8-10)15-12(17)18-2/h9-10H,3-8H2,1-2H3,(H2,13,14,15,17). The molecule has 1 fully saturated rings. The molecule has 1 atom stereocenters. The van der Waals surface area contributed by atoms with Crippen LogP contribution in [0.4, 0.5) is 4.79 Å². The summed E-state index contributed by atoms with van der Waals surface area (Å²) in [5.41, 5.74) is 0. The number of methoxy groups -OCH3 is 1. The Morgan fingerprint density at radius 2 is 2.17 bits per heavy atom. The third-order valence-corrected chi connectivity index (χ3v) is 3.85. The Balaban J connectivity index is 1.80. The molecule has 0 radical (unpaired) electrons. The van der Waals surface area contributed by atoms with Crippen LogP contribution in [0, 0.1) is 11.8 Å². The molecule has 2 aliphatic heterocycles. The number of carbonyl (C=O) groups excluding carboxylic acids is 1. The van der Waals surface area contributed by atoms with Crippen molar-refractivity contribution in [1.82, 2.24) is 15.5 Å². The lowest BCUT2D eigenvalue weighted by Gasteiger charge is -2.35. The fourth-order valence-electron chi connectivity index (χ4n) is 2.60. The molecule has 2 aliphatic rings. The monoisotopic (exact) mass is 254 g/mol. The highest BCUT2D eigenvalue weighted by molar-refractivity contribution is 5.94. The fourth-order valence-corrected chi connectivity index (χ4v) is 2.60. The SMILES string of the molecule is COC(=O)NC1=NCC(C2CCN(C)CC2)CN1. The second-order valence-corrected chi connectivity index (χ2v) is 5.09. The zero-order valence-corrected chi connectivity index (χ0v) is 11.1. The summed E-state index contributed by atoms with van der Waals surface area (Å²) in [6.07, 6.45) is 2.02. The van der Waals surface area contributed by atoms with Crippen molar-refractivity contribution in [2.24, 2.45) is 16.8 Å². The van der Waals surface area contributed by atoms with Gasteiger partial charge in [-0.25, -0.2) is 4.79 Å². The van der Waals surface area contributed by atoms with Crippen LogP contribution in [0.2, 0.25) is 0 Å². The molecule has 0 saturated carbocycles. The summed E-state index contributed by atoms with van der Waals surface area (Å²) in [5.74, 6) is 1.87. The van der Waals surface area contributed by atoms with Gasteiger partial charge in [-0.15, -0.1) is 0 Å². The first-order valence-electron chi connectivity index (χ1n) is 6.51. The molecule has 18 heavy (non-hydrogen) atoms. The Bertz CT molecular complexity index is 324. The van der Waals surface area contributed by atoms with E-state index in [0.717, 1.165) is 19.0 Å². The van der Waals surface area contributed by atoms with Crippen molar-refractivity contribution in [2.45, 2.75) is 12.8 Å². The Kier molecular flexibility index (Phi) is 4.41. The number of guanidine groups is 1. The number of alkyl carbamates (subject to hydrolysis) is 1. The van der Waals surface area contributed by atoms with E-state index in [9.17, 15) is 4.79 Å². The van der Waals surface area contributed by atoms with Gasteiger partial charge in [0.1, 0.15) is 0 Å². The number of ether oxygens (including phenoxy) is 1. The van der Waals surface area contributed by atoms with Crippen LogP contribution >= 0.6 is 0 Å². The molecule has 6 nitrogen and oxygen atoms in total. The van der Waals surface area contributed by atoms with Gasteiger partial charge in [-0.1, -0.05) is 0 Å². The highest BCUT2D eigenvalue weighted by atomic mass is 16.5. The smallest absolute Gasteiger partial charge is 0.413 e. The first-order chi connectivity index (χ1) is 8.69. The molecule has 0 aliphatic carbocycles. The van der Waals surface area contributed by atoms with Crippen LogP contribution < -0.4 is 10.6 Å². The molecule has 0 aromatic carbocycles. The molecular formula is C12H22N4O2. The average Bonchev–Trinajstić information content (AvgIpc) is 2.40. The normalized spacial score (nSPS) is 26.1. The largest absolute Gasteiger partial charge is 0.453 e. The van der Waals surface area contributed by atoms with Crippen LogP contribution in [-0.2, 0) is 4.74 Å². The Hall–Kier alpha value is -1.30. The maximum absolute atomic E-state index is 11.0. The molecule has 0 bridgehead atoms. The number of hydrogen-bond acceptors (Lipinski definition) is 5. The molecule has 0 spiro atoms. The van der Waals surface area contributed by atoms with E-state index in [0.29, 0.717) is 11.9 Å². The van der Waals surface area contributed by atoms with Gasteiger partial charge in [-0.3, -0.25) is 10.3 Å². The lowest BCUT2D eigenvalue weighted by Crippen LogP contribution is -2.48. The zero-order valence-electron chi connectivity index (χ0n) is 11.1. The molecule has 0 aromatic heterocycles. The quantitative estimate of drug-likeness (QED) is 0.704. The van der Waals surface area contributed by atoms with Crippen molar-refractivity contribution in [3.63, 3.8) is 0 Å². The van der Waals surface area contributed by atoms with E-state index < -0.39 is 6.09 Å². The highest BCUT2D eigenvalue weighted by Gasteiger charge is 2.27. The number of likely N-dealkylation sites (tertiary alicyclic amines) is 1. The molecule has 1 amide bonds. The van der Waals surface area contributed by atoms with Crippen LogP contribution in [-0.4, -0.2) is 57.3 Å². The lowest BCUT2D eigenvalue weighted by molar-refractivity contribution is 0.169. The van der Waals surface area contributed by atoms with Crippen molar-refractivity contribution in [1.29, 1.82) is 0 Å². The number of piperidine rings is 1. The van der Waals surface area contributed by atoms with Gasteiger partial charge in [0.05, 0.1) is 7.11 Å². The summed E-state index contributed by atoms with van der Waals surface area (Å²) in [5, 5.41) is 5.74. The molecule has 1 unspecified atom stereocenters. The van der Waals surface area contributed by atoms with Crippen molar-refractivity contribution >= 4 is 12.1 Å². The first-order valence-corrected chi connectivity index (χ1v) is 6.51. The van der Waals surface area contributed by atoms with E-state index in [4.69, 9.17) is 0 Å². The van der Waals surface area contributed by atoms with Gasteiger partial charge < -0.3 is 15.0 Å². The van der Waals surface area contributed by atoms with Crippen molar-refractivity contribution in [3.8, 4) is 0 Å². The van der Waals surface area contributed by atoms with E-state index in [1.54, 1.807) is 0 Å². The molecule has 2 heterocycles. The Labute approximate surface area is 108 Å². The van der Waals surface area contributed by atoms with Gasteiger partial charge in [0.2, 0.25) is 5.96 Å². The van der Waals surface area contributed by atoms with Crippen LogP contribution in [0.3, 0.4) is 0 Å². The van der Waals surface area contributed by atoms with E-state index in [-0.39, 0.29) is 0 Å². The summed E-state index contributed by atoms with van der Waals surface area (Å²) in [6.45, 7) is 4.04. The molecule has 2 rings (SSSR count). The number of aliphatic imine (C=N–C) groups is 1. The molecular weight excluding hydrogens is 232 g/mol. The van der Waals surface area contributed by atoms with Gasteiger partial charge in [0, 0.05) is 13.1 Å². The number of nitrogens with one attached hydrogen (secondary N) is 2. The minimum atomic E-state index is -0.473. The maximum Gasteiger partial charge on any atom is 0.413 e. The van der Waals surface area contributed by atoms with E-state index in [1.807, 2.05) is 0 Å². The van der Waals surface area contributed by atoms with Gasteiger partial charge in [-0.2, -0.15) is 0 Å². The van der Waals surface area contributed by atoms with Crippen LogP contribution in [0.25, 0.3) is 0 Å². The Morgan fingerprint density at radius 3 is 2.72 bits per heavy atom. The molecule has 0 aromatic rings. The molecule has 6 heteroatoms. The van der Waals surface area contributed by atoms with Crippen molar-refractivity contribution < 1.29 is 9.53 Å². The second kappa shape index (κ2) is 6.04. The highest BCUT2D eigenvalue weighted by Crippen LogP contribution is 2.25. The van der Waals surface area contributed by atoms with Gasteiger partial charge in [0.25, 0.3) is 0 Å². The topological polar surface area (TPSA) is 66.0 Å². The minimum Gasteiger partial charge on any atom is -0.453 e. The number of nitrogens with zero attached hydrogens (tertiary/aromatic N) is 2. The minimum absolute atomic E-state index is 0.473.